The summed E-state index contributed by atoms with van der Waals surface area (Å²) < 4.78 is 5.22. The number of ether oxygens (including phenoxy) is 1. The Bertz CT molecular complexity index is 194. The fraction of sp³-hybridized carbons (Fsp3) is 0.875. The highest BCUT2D eigenvalue weighted by Crippen LogP contribution is 2.22. The average Bonchev–Trinajstić information content (AvgIpc) is 1.81. The third kappa shape index (κ3) is 1.79. The van der Waals surface area contributed by atoms with Crippen molar-refractivity contribution in [1.29, 1.82) is 0 Å². The molecule has 1 aliphatic rings. The SMILES string of the molecule is CC1=NC(C)(C)COC1(C)O. The molecule has 11 heavy (non-hydrogen) atoms. The summed E-state index contributed by atoms with van der Waals surface area (Å²) in [6, 6.07) is 0. The zero-order valence-corrected chi connectivity index (χ0v) is 7.51. The topological polar surface area (TPSA) is 41.8 Å². The second kappa shape index (κ2) is 2.29. The second-order valence-electron chi connectivity index (χ2n) is 3.78. The predicted octanol–water partition coefficient (Wildman–Crippen LogP) is 0.965. The number of hydrogen-bond donors (Lipinski definition) is 1. The monoisotopic (exact) mass is 157 g/mol. The van der Waals surface area contributed by atoms with E-state index in [0.717, 1.165) is 0 Å². The van der Waals surface area contributed by atoms with Crippen molar-refractivity contribution in [3.63, 3.8) is 0 Å². The second-order valence-corrected chi connectivity index (χ2v) is 3.78. The molecule has 0 aromatic rings. The summed E-state index contributed by atoms with van der Waals surface area (Å²) >= 11 is 0. The van der Waals surface area contributed by atoms with E-state index in [9.17, 15) is 5.11 Å². The maximum atomic E-state index is 9.52. The molecular weight excluding hydrogens is 142 g/mol. The van der Waals surface area contributed by atoms with Gasteiger partial charge in [-0.25, -0.2) is 0 Å². The van der Waals surface area contributed by atoms with Gasteiger partial charge in [-0.15, -0.1) is 0 Å². The van der Waals surface area contributed by atoms with Crippen molar-refractivity contribution in [3.8, 4) is 0 Å². The van der Waals surface area contributed by atoms with E-state index in [1.807, 2.05) is 13.8 Å². The minimum absolute atomic E-state index is 0.188. The lowest BCUT2D eigenvalue weighted by Crippen LogP contribution is -2.46. The molecule has 0 saturated carbocycles. The van der Waals surface area contributed by atoms with Gasteiger partial charge in [-0.05, 0) is 27.7 Å². The van der Waals surface area contributed by atoms with Crippen molar-refractivity contribution in [3.05, 3.63) is 0 Å². The van der Waals surface area contributed by atoms with Crippen LogP contribution in [0.15, 0.2) is 4.99 Å². The Balaban J connectivity index is 2.89. The molecule has 1 atom stereocenters. The highest BCUT2D eigenvalue weighted by Gasteiger charge is 2.34. The van der Waals surface area contributed by atoms with E-state index in [2.05, 4.69) is 4.99 Å². The molecule has 1 heterocycles. The van der Waals surface area contributed by atoms with E-state index < -0.39 is 5.79 Å². The predicted molar refractivity (Wildman–Crippen MR) is 43.8 cm³/mol. The van der Waals surface area contributed by atoms with Crippen LogP contribution in [0.1, 0.15) is 27.7 Å². The molecule has 64 valence electrons. The number of aliphatic hydroxyl groups is 1. The van der Waals surface area contributed by atoms with Crippen molar-refractivity contribution in [1.82, 2.24) is 0 Å². The van der Waals surface area contributed by atoms with Crippen LogP contribution in [0.2, 0.25) is 0 Å². The summed E-state index contributed by atoms with van der Waals surface area (Å²) in [6.07, 6.45) is 0. The maximum absolute atomic E-state index is 9.52. The normalized spacial score (nSPS) is 36.6. The molecule has 1 unspecified atom stereocenters. The van der Waals surface area contributed by atoms with E-state index in [4.69, 9.17) is 4.74 Å². The highest BCUT2D eigenvalue weighted by molar-refractivity contribution is 5.89. The van der Waals surface area contributed by atoms with Crippen LogP contribution in [0.5, 0.6) is 0 Å². The van der Waals surface area contributed by atoms with Gasteiger partial charge >= 0.3 is 0 Å². The van der Waals surface area contributed by atoms with Crippen LogP contribution in [0.3, 0.4) is 0 Å². The minimum Gasteiger partial charge on any atom is -0.361 e. The lowest BCUT2D eigenvalue weighted by atomic mass is 10.0. The molecule has 0 amide bonds. The molecule has 1 rings (SSSR count). The van der Waals surface area contributed by atoms with Crippen LogP contribution in [0.4, 0.5) is 0 Å². The number of rotatable bonds is 0. The lowest BCUT2D eigenvalue weighted by Gasteiger charge is -2.35. The van der Waals surface area contributed by atoms with Gasteiger partial charge < -0.3 is 9.84 Å². The molecule has 0 aliphatic carbocycles. The Labute approximate surface area is 67.1 Å². The molecular formula is C8H15NO2. The summed E-state index contributed by atoms with van der Waals surface area (Å²) in [5.41, 5.74) is 0.459. The van der Waals surface area contributed by atoms with Gasteiger partial charge in [0.2, 0.25) is 5.79 Å². The summed E-state index contributed by atoms with van der Waals surface area (Å²) in [5, 5.41) is 9.52. The fourth-order valence-corrected chi connectivity index (χ4v) is 1.01. The Morgan fingerprint density at radius 2 is 2.00 bits per heavy atom. The molecule has 0 bridgehead atoms. The van der Waals surface area contributed by atoms with E-state index in [1.54, 1.807) is 13.8 Å². The first-order valence-corrected chi connectivity index (χ1v) is 3.77. The molecule has 0 aromatic carbocycles. The molecule has 1 N–H and O–H groups in total. The standard InChI is InChI=1S/C8H15NO2/c1-6-8(4,10)11-5-7(2,3)9-6/h10H,5H2,1-4H3. The minimum atomic E-state index is -1.16. The van der Waals surface area contributed by atoms with Crippen LogP contribution in [-0.4, -0.2) is 28.8 Å². The molecule has 0 saturated heterocycles. The van der Waals surface area contributed by atoms with Gasteiger partial charge in [-0.2, -0.15) is 0 Å². The fourth-order valence-electron chi connectivity index (χ4n) is 1.01. The zero-order valence-electron chi connectivity index (χ0n) is 7.51. The van der Waals surface area contributed by atoms with Gasteiger partial charge in [-0.3, -0.25) is 4.99 Å². The Morgan fingerprint density at radius 3 is 2.36 bits per heavy atom. The van der Waals surface area contributed by atoms with Crippen LogP contribution >= 0.6 is 0 Å². The first-order chi connectivity index (χ1) is 4.83. The largest absolute Gasteiger partial charge is 0.361 e. The van der Waals surface area contributed by atoms with Gasteiger partial charge in [0, 0.05) is 0 Å². The molecule has 0 spiro atoms. The van der Waals surface area contributed by atoms with E-state index in [-0.39, 0.29) is 5.54 Å². The first-order valence-electron chi connectivity index (χ1n) is 3.77. The van der Waals surface area contributed by atoms with Crippen molar-refractivity contribution in [2.45, 2.75) is 39.0 Å². The number of hydrogen-bond acceptors (Lipinski definition) is 3. The van der Waals surface area contributed by atoms with E-state index >= 15 is 0 Å². The molecule has 3 heteroatoms. The smallest absolute Gasteiger partial charge is 0.202 e. The number of aliphatic imine (C=N–C) groups is 1. The highest BCUT2D eigenvalue weighted by atomic mass is 16.6. The molecule has 0 radical (unpaired) electrons. The Hall–Kier alpha value is -0.410. The van der Waals surface area contributed by atoms with E-state index in [1.165, 1.54) is 0 Å². The molecule has 0 aromatic heterocycles. The van der Waals surface area contributed by atoms with Gasteiger partial charge in [0.05, 0.1) is 17.9 Å². The molecule has 0 fully saturated rings. The lowest BCUT2D eigenvalue weighted by molar-refractivity contribution is -0.154. The van der Waals surface area contributed by atoms with Crippen molar-refractivity contribution < 1.29 is 9.84 Å². The summed E-state index contributed by atoms with van der Waals surface area (Å²) in [4.78, 5) is 4.31. The van der Waals surface area contributed by atoms with Crippen molar-refractivity contribution in [2.75, 3.05) is 6.61 Å². The molecule has 1 aliphatic heterocycles. The van der Waals surface area contributed by atoms with Crippen molar-refractivity contribution >= 4 is 5.71 Å². The Morgan fingerprint density at radius 1 is 1.45 bits per heavy atom. The van der Waals surface area contributed by atoms with Gasteiger partial charge in [0.25, 0.3) is 0 Å². The summed E-state index contributed by atoms with van der Waals surface area (Å²) in [5.74, 6) is -1.16. The van der Waals surface area contributed by atoms with Crippen LogP contribution in [0, 0.1) is 0 Å². The quantitative estimate of drug-likeness (QED) is 0.569. The van der Waals surface area contributed by atoms with E-state index in [0.29, 0.717) is 12.3 Å². The van der Waals surface area contributed by atoms with Crippen LogP contribution < -0.4 is 0 Å². The Kier molecular flexibility index (Phi) is 1.81. The van der Waals surface area contributed by atoms with Crippen LogP contribution in [-0.2, 0) is 4.74 Å². The first kappa shape index (κ1) is 8.68. The summed E-state index contributed by atoms with van der Waals surface area (Å²) in [7, 11) is 0. The average molecular weight is 157 g/mol. The molecule has 3 nitrogen and oxygen atoms in total. The third-order valence-corrected chi connectivity index (χ3v) is 1.85. The number of nitrogens with zero attached hydrogens (tertiary/aromatic N) is 1. The maximum Gasteiger partial charge on any atom is 0.202 e. The van der Waals surface area contributed by atoms with Gasteiger partial charge in [0.1, 0.15) is 0 Å². The zero-order chi connectivity index (χ0) is 8.70. The van der Waals surface area contributed by atoms with Crippen molar-refractivity contribution in [2.24, 2.45) is 4.99 Å². The summed E-state index contributed by atoms with van der Waals surface area (Å²) in [6.45, 7) is 7.82. The van der Waals surface area contributed by atoms with Crippen LogP contribution in [0.25, 0.3) is 0 Å². The van der Waals surface area contributed by atoms with Gasteiger partial charge in [-0.1, -0.05) is 0 Å². The third-order valence-electron chi connectivity index (χ3n) is 1.85. The van der Waals surface area contributed by atoms with Gasteiger partial charge in [0.15, 0.2) is 0 Å².